The summed E-state index contributed by atoms with van der Waals surface area (Å²) >= 11 is 5.38. The van der Waals surface area contributed by atoms with Crippen molar-refractivity contribution in [2.45, 2.75) is 26.2 Å². The van der Waals surface area contributed by atoms with E-state index in [1.165, 1.54) is 32.4 Å². The van der Waals surface area contributed by atoms with Gasteiger partial charge in [-0.25, -0.2) is 4.79 Å². The number of ether oxygens (including phenoxy) is 1. The first kappa shape index (κ1) is 15.8. The molecule has 0 radical (unpaired) electrons. The molecule has 1 rings (SSSR count). The number of hydrogen-bond acceptors (Lipinski definition) is 2. The van der Waals surface area contributed by atoms with E-state index in [1.54, 1.807) is 18.2 Å². The maximum Gasteiger partial charge on any atom is 0.339 e. The Morgan fingerprint density at radius 1 is 1.35 bits per heavy atom. The number of unbranched alkanes of at least 4 members (excludes halogenated alkanes) is 2. The molecule has 0 heterocycles. The van der Waals surface area contributed by atoms with E-state index in [4.69, 9.17) is 21.4 Å². The van der Waals surface area contributed by atoms with Crippen LogP contribution in [-0.4, -0.2) is 24.1 Å². The number of rotatable bonds is 5. The number of alkyl halides is 1. The van der Waals surface area contributed by atoms with Gasteiger partial charge in [-0.05, 0) is 18.6 Å². The molecule has 0 saturated carbocycles. The Bertz CT molecular complexity index is 322. The maximum atomic E-state index is 10.5. The van der Waals surface area contributed by atoms with Gasteiger partial charge in [0.2, 0.25) is 0 Å². The van der Waals surface area contributed by atoms with Crippen LogP contribution in [0.1, 0.15) is 36.5 Å². The van der Waals surface area contributed by atoms with Gasteiger partial charge in [-0.1, -0.05) is 31.9 Å². The van der Waals surface area contributed by atoms with Crippen LogP contribution >= 0.6 is 11.6 Å². The normalized spacial score (nSPS) is 9.12. The lowest BCUT2D eigenvalue weighted by atomic mass is 10.2. The standard InChI is InChI=1S/C8H8O3.C5H11Cl/c1-11-7-5-3-2-4-6(7)8(9)10;1-2-3-4-5-6/h2-5H,1H3,(H,9,10);2-5H2,1H3. The van der Waals surface area contributed by atoms with E-state index >= 15 is 0 Å². The van der Waals surface area contributed by atoms with E-state index < -0.39 is 5.97 Å². The zero-order valence-corrected chi connectivity index (χ0v) is 11.0. The van der Waals surface area contributed by atoms with Crippen LogP contribution in [0.2, 0.25) is 0 Å². The van der Waals surface area contributed by atoms with Gasteiger partial charge >= 0.3 is 5.97 Å². The summed E-state index contributed by atoms with van der Waals surface area (Å²) in [5.41, 5.74) is 0.190. The fourth-order valence-corrected chi connectivity index (χ4v) is 1.35. The molecule has 0 unspecified atom stereocenters. The minimum Gasteiger partial charge on any atom is -0.496 e. The molecular weight excluding hydrogens is 240 g/mol. The molecule has 4 heteroatoms. The number of hydrogen-bond donors (Lipinski definition) is 1. The first-order valence-electron chi connectivity index (χ1n) is 5.59. The molecule has 0 saturated heterocycles. The number of aromatic carboxylic acids is 1. The third kappa shape index (κ3) is 6.84. The van der Waals surface area contributed by atoms with Crippen molar-refractivity contribution < 1.29 is 14.6 Å². The van der Waals surface area contributed by atoms with Gasteiger partial charge in [0.1, 0.15) is 11.3 Å². The van der Waals surface area contributed by atoms with E-state index in [0.29, 0.717) is 5.75 Å². The van der Waals surface area contributed by atoms with E-state index in [0.717, 1.165) is 5.88 Å². The molecule has 0 aliphatic carbocycles. The Kier molecular flexibility index (Phi) is 9.25. The van der Waals surface area contributed by atoms with Gasteiger partial charge in [-0.15, -0.1) is 11.6 Å². The molecule has 1 N–H and O–H groups in total. The molecule has 3 nitrogen and oxygen atoms in total. The van der Waals surface area contributed by atoms with Crippen LogP contribution in [0.25, 0.3) is 0 Å². The lowest BCUT2D eigenvalue weighted by Crippen LogP contribution is -1.99. The molecular formula is C13H19ClO3. The van der Waals surface area contributed by atoms with Crippen molar-refractivity contribution in [2.75, 3.05) is 13.0 Å². The number of carboxylic acids is 1. The van der Waals surface area contributed by atoms with Gasteiger partial charge in [-0.3, -0.25) is 0 Å². The first-order chi connectivity index (χ1) is 8.17. The molecule has 0 aromatic heterocycles. The molecule has 0 bridgehead atoms. The van der Waals surface area contributed by atoms with Crippen molar-refractivity contribution in [3.05, 3.63) is 29.8 Å². The van der Waals surface area contributed by atoms with Crippen LogP contribution in [0.4, 0.5) is 0 Å². The second-order valence-electron chi connectivity index (χ2n) is 3.40. The number of carboxylic acid groups (broad SMARTS) is 1. The molecule has 0 aliphatic heterocycles. The molecule has 1 aromatic carbocycles. The SMILES string of the molecule is CCCCCCl.COc1ccccc1C(=O)O. The predicted octanol–water partition coefficient (Wildman–Crippen LogP) is 3.81. The van der Waals surface area contributed by atoms with Crippen molar-refractivity contribution in [3.8, 4) is 5.75 Å². The van der Waals surface area contributed by atoms with Gasteiger partial charge in [0, 0.05) is 5.88 Å². The number of methoxy groups -OCH3 is 1. The van der Waals surface area contributed by atoms with Crippen molar-refractivity contribution in [3.63, 3.8) is 0 Å². The predicted molar refractivity (Wildman–Crippen MR) is 70.2 cm³/mol. The lowest BCUT2D eigenvalue weighted by molar-refractivity contribution is 0.0693. The summed E-state index contributed by atoms with van der Waals surface area (Å²) in [7, 11) is 1.45. The molecule has 0 atom stereocenters. The quantitative estimate of drug-likeness (QED) is 0.645. The van der Waals surface area contributed by atoms with Crippen LogP contribution in [-0.2, 0) is 0 Å². The third-order valence-electron chi connectivity index (χ3n) is 2.07. The van der Waals surface area contributed by atoms with E-state index in [1.807, 2.05) is 0 Å². The summed E-state index contributed by atoms with van der Waals surface area (Å²) in [6.45, 7) is 2.17. The van der Waals surface area contributed by atoms with Crippen molar-refractivity contribution in [1.82, 2.24) is 0 Å². The largest absolute Gasteiger partial charge is 0.496 e. The van der Waals surface area contributed by atoms with Crippen LogP contribution < -0.4 is 4.74 Å². The Balaban J connectivity index is 0.000000366. The lowest BCUT2D eigenvalue weighted by Gasteiger charge is -2.01. The average molecular weight is 259 g/mol. The number of carbonyl (C=O) groups is 1. The van der Waals surface area contributed by atoms with Crippen LogP contribution in [0.5, 0.6) is 5.75 Å². The minimum atomic E-state index is -0.970. The Morgan fingerprint density at radius 2 is 2.00 bits per heavy atom. The molecule has 0 aliphatic rings. The van der Waals surface area contributed by atoms with Gasteiger partial charge in [0.25, 0.3) is 0 Å². The van der Waals surface area contributed by atoms with Crippen molar-refractivity contribution >= 4 is 17.6 Å². The fraction of sp³-hybridized carbons (Fsp3) is 0.462. The summed E-state index contributed by atoms with van der Waals surface area (Å²) in [6.07, 6.45) is 3.73. The van der Waals surface area contributed by atoms with E-state index in [-0.39, 0.29) is 5.56 Å². The zero-order chi connectivity index (χ0) is 13.1. The summed E-state index contributed by atoms with van der Waals surface area (Å²) in [4.78, 5) is 10.5. The van der Waals surface area contributed by atoms with E-state index in [9.17, 15) is 4.79 Å². The summed E-state index contributed by atoms with van der Waals surface area (Å²) in [5, 5.41) is 8.62. The smallest absolute Gasteiger partial charge is 0.339 e. The van der Waals surface area contributed by atoms with Crippen LogP contribution in [0.3, 0.4) is 0 Å². The Labute approximate surface area is 107 Å². The average Bonchev–Trinajstić information content (AvgIpc) is 2.37. The van der Waals surface area contributed by atoms with Crippen LogP contribution in [0.15, 0.2) is 24.3 Å². The van der Waals surface area contributed by atoms with Crippen LogP contribution in [0, 0.1) is 0 Å². The summed E-state index contributed by atoms with van der Waals surface area (Å²) in [6, 6.07) is 6.50. The highest BCUT2D eigenvalue weighted by molar-refractivity contribution is 6.17. The summed E-state index contributed by atoms with van der Waals surface area (Å²) in [5.74, 6) is 0.246. The molecule has 0 amide bonds. The third-order valence-corrected chi connectivity index (χ3v) is 2.34. The number of halogens is 1. The fourth-order valence-electron chi connectivity index (χ4n) is 1.17. The molecule has 17 heavy (non-hydrogen) atoms. The number of para-hydroxylation sites is 1. The topological polar surface area (TPSA) is 46.5 Å². The van der Waals surface area contributed by atoms with Gasteiger partial charge in [-0.2, -0.15) is 0 Å². The zero-order valence-electron chi connectivity index (χ0n) is 10.3. The van der Waals surface area contributed by atoms with Gasteiger partial charge < -0.3 is 9.84 Å². The second-order valence-corrected chi connectivity index (χ2v) is 3.78. The maximum absolute atomic E-state index is 10.5. The second kappa shape index (κ2) is 9.97. The highest BCUT2D eigenvalue weighted by Crippen LogP contribution is 2.16. The molecule has 0 fully saturated rings. The first-order valence-corrected chi connectivity index (χ1v) is 6.13. The van der Waals surface area contributed by atoms with E-state index in [2.05, 4.69) is 6.92 Å². The van der Waals surface area contributed by atoms with Gasteiger partial charge in [0.05, 0.1) is 7.11 Å². The highest BCUT2D eigenvalue weighted by Gasteiger charge is 2.07. The Hall–Kier alpha value is -1.22. The number of benzene rings is 1. The van der Waals surface area contributed by atoms with Gasteiger partial charge in [0.15, 0.2) is 0 Å². The molecule has 96 valence electrons. The van der Waals surface area contributed by atoms with Crippen molar-refractivity contribution in [1.29, 1.82) is 0 Å². The molecule has 1 aromatic rings. The van der Waals surface area contributed by atoms with Crippen molar-refractivity contribution in [2.24, 2.45) is 0 Å². The molecule has 0 spiro atoms. The minimum absolute atomic E-state index is 0.190. The monoisotopic (exact) mass is 258 g/mol. The highest BCUT2D eigenvalue weighted by atomic mass is 35.5. The summed E-state index contributed by atoms with van der Waals surface area (Å²) < 4.78 is 4.83. The Morgan fingerprint density at radius 3 is 2.35 bits per heavy atom.